The fourth-order valence-corrected chi connectivity index (χ4v) is 0.532. The van der Waals surface area contributed by atoms with Crippen LogP contribution < -0.4 is 0 Å². The maximum absolute atomic E-state index is 11.0. The quantitative estimate of drug-likeness (QED) is 0.203. The van der Waals surface area contributed by atoms with Crippen molar-refractivity contribution in [3.63, 3.8) is 0 Å². The summed E-state index contributed by atoms with van der Waals surface area (Å²) in [6.45, 7) is 7.31. The summed E-state index contributed by atoms with van der Waals surface area (Å²) in [6.07, 6.45) is 7.56. The van der Waals surface area contributed by atoms with Crippen molar-refractivity contribution in [3.05, 3.63) is 24.8 Å². The number of esters is 1. The highest BCUT2D eigenvalue weighted by atomic mass is 16.5. The van der Waals surface area contributed by atoms with Gasteiger partial charge in [-0.2, -0.15) is 0 Å². The van der Waals surface area contributed by atoms with Gasteiger partial charge in [-0.05, 0) is 6.42 Å². The van der Waals surface area contributed by atoms with Crippen molar-refractivity contribution in [3.8, 4) is 12.3 Å². The Morgan fingerprint density at radius 3 is 2.83 bits per heavy atom. The Labute approximate surface area is 72.9 Å². The van der Waals surface area contributed by atoms with Gasteiger partial charge in [-0.15, -0.1) is 18.9 Å². The Morgan fingerprint density at radius 2 is 2.33 bits per heavy atom. The molecule has 0 fully saturated rings. The van der Waals surface area contributed by atoms with Crippen molar-refractivity contribution in [2.75, 3.05) is 6.61 Å². The summed E-state index contributed by atoms with van der Waals surface area (Å²) in [5, 5.41) is 0. The van der Waals surface area contributed by atoms with E-state index in [2.05, 4.69) is 19.1 Å². The lowest BCUT2D eigenvalue weighted by Gasteiger charge is -2.02. The summed E-state index contributed by atoms with van der Waals surface area (Å²) in [5.41, 5.74) is 0.321. The minimum atomic E-state index is -0.421. The van der Waals surface area contributed by atoms with Crippen LogP contribution >= 0.6 is 0 Å². The van der Waals surface area contributed by atoms with Crippen LogP contribution in [0.5, 0.6) is 0 Å². The van der Waals surface area contributed by atoms with E-state index in [1.54, 1.807) is 6.08 Å². The van der Waals surface area contributed by atoms with Gasteiger partial charge in [0.05, 0.1) is 6.61 Å². The smallest absolute Gasteiger partial charge is 0.334 e. The predicted molar refractivity (Wildman–Crippen MR) is 48.4 cm³/mol. The van der Waals surface area contributed by atoms with Gasteiger partial charge in [0.2, 0.25) is 0 Å². The van der Waals surface area contributed by atoms with E-state index in [9.17, 15) is 4.79 Å². The van der Waals surface area contributed by atoms with Crippen molar-refractivity contribution in [1.82, 2.24) is 0 Å². The number of terminal acetylenes is 1. The molecule has 0 unspecified atom stereocenters. The Kier molecular flexibility index (Phi) is 5.46. The maximum Gasteiger partial charge on any atom is 0.334 e. The molecule has 0 amide bonds. The van der Waals surface area contributed by atoms with Gasteiger partial charge < -0.3 is 4.74 Å². The van der Waals surface area contributed by atoms with Crippen LogP contribution in [0, 0.1) is 12.3 Å². The molecule has 12 heavy (non-hydrogen) atoms. The second-order valence-corrected chi connectivity index (χ2v) is 2.20. The minimum absolute atomic E-state index is 0.243. The minimum Gasteiger partial charge on any atom is -0.462 e. The van der Waals surface area contributed by atoms with Gasteiger partial charge in [-0.25, -0.2) is 4.79 Å². The van der Waals surface area contributed by atoms with Crippen molar-refractivity contribution in [2.24, 2.45) is 0 Å². The third kappa shape index (κ3) is 4.35. The summed E-state index contributed by atoms with van der Waals surface area (Å²) < 4.78 is 4.79. The molecule has 0 heterocycles. The van der Waals surface area contributed by atoms with E-state index < -0.39 is 5.97 Å². The fourth-order valence-electron chi connectivity index (χ4n) is 0.532. The largest absolute Gasteiger partial charge is 0.462 e. The van der Waals surface area contributed by atoms with Crippen molar-refractivity contribution in [2.45, 2.75) is 12.8 Å². The maximum atomic E-state index is 11.0. The molecule has 0 atom stereocenters. The average Bonchev–Trinajstić information content (AvgIpc) is 2.05. The number of carbonyl (C=O) groups is 1. The lowest BCUT2D eigenvalue weighted by Crippen LogP contribution is -2.07. The molecule has 0 N–H and O–H groups in total. The van der Waals surface area contributed by atoms with Crippen LogP contribution in [0.1, 0.15) is 12.8 Å². The van der Waals surface area contributed by atoms with E-state index in [0.29, 0.717) is 18.6 Å². The summed E-state index contributed by atoms with van der Waals surface area (Å²) in [6, 6.07) is 0. The number of carbonyl (C=O) groups excluding carboxylic acids is 1. The van der Waals surface area contributed by atoms with Crippen molar-refractivity contribution >= 4 is 5.97 Å². The van der Waals surface area contributed by atoms with Gasteiger partial charge in [0.15, 0.2) is 0 Å². The highest BCUT2D eigenvalue weighted by molar-refractivity contribution is 5.88. The normalized spacial score (nSPS) is 8.25. The first-order valence-corrected chi connectivity index (χ1v) is 3.61. The van der Waals surface area contributed by atoms with Gasteiger partial charge in [0.1, 0.15) is 0 Å². The zero-order valence-electron chi connectivity index (χ0n) is 7.01. The molecular formula is C10H12O2. The van der Waals surface area contributed by atoms with Crippen LogP contribution in [0.25, 0.3) is 0 Å². The van der Waals surface area contributed by atoms with Gasteiger partial charge >= 0.3 is 5.97 Å². The van der Waals surface area contributed by atoms with Crippen molar-refractivity contribution < 1.29 is 9.53 Å². The number of rotatable bonds is 5. The van der Waals surface area contributed by atoms with Crippen LogP contribution in [0.2, 0.25) is 0 Å². The third-order valence-corrected chi connectivity index (χ3v) is 1.16. The van der Waals surface area contributed by atoms with E-state index in [1.165, 1.54) is 0 Å². The molecule has 0 aliphatic rings. The van der Waals surface area contributed by atoms with Gasteiger partial charge in [0.25, 0.3) is 0 Å². The van der Waals surface area contributed by atoms with E-state index in [1.807, 2.05) is 0 Å². The van der Waals surface area contributed by atoms with E-state index in [4.69, 9.17) is 11.2 Å². The molecule has 0 spiro atoms. The third-order valence-electron chi connectivity index (χ3n) is 1.16. The molecule has 0 saturated carbocycles. The van der Waals surface area contributed by atoms with Gasteiger partial charge in [0, 0.05) is 12.0 Å². The van der Waals surface area contributed by atoms with Crippen molar-refractivity contribution in [1.29, 1.82) is 0 Å². The molecular weight excluding hydrogens is 152 g/mol. The molecule has 2 nitrogen and oxygen atoms in total. The standard InChI is InChI=1S/C10H12O2/c1-4-6-8-12-10(11)9(3)7-5-2/h2,4H,1,3,6-8H2. The Morgan fingerprint density at radius 1 is 1.67 bits per heavy atom. The first-order chi connectivity index (χ1) is 5.72. The molecule has 64 valence electrons. The van der Waals surface area contributed by atoms with Crippen LogP contribution in [-0.2, 0) is 9.53 Å². The average molecular weight is 164 g/mol. The Balaban J connectivity index is 3.66. The van der Waals surface area contributed by atoms with E-state index >= 15 is 0 Å². The Bertz CT molecular complexity index is 220. The van der Waals surface area contributed by atoms with Gasteiger partial charge in [-0.1, -0.05) is 12.7 Å². The summed E-state index contributed by atoms with van der Waals surface area (Å²) in [4.78, 5) is 11.0. The molecule has 0 aliphatic heterocycles. The zero-order chi connectivity index (χ0) is 9.40. The predicted octanol–water partition coefficient (Wildman–Crippen LogP) is 1.69. The highest BCUT2D eigenvalue weighted by Crippen LogP contribution is 1.99. The first-order valence-electron chi connectivity index (χ1n) is 3.61. The van der Waals surface area contributed by atoms with Crippen LogP contribution in [0.3, 0.4) is 0 Å². The molecule has 0 bridgehead atoms. The fraction of sp³-hybridized carbons (Fsp3) is 0.300. The molecule has 0 aromatic rings. The number of hydrogen-bond acceptors (Lipinski definition) is 2. The van der Waals surface area contributed by atoms with E-state index in [-0.39, 0.29) is 6.42 Å². The molecule has 0 rings (SSSR count). The summed E-state index contributed by atoms with van der Waals surface area (Å²) >= 11 is 0. The molecule has 0 aliphatic carbocycles. The summed E-state index contributed by atoms with van der Waals surface area (Å²) in [5.74, 6) is 1.90. The zero-order valence-corrected chi connectivity index (χ0v) is 7.01. The molecule has 0 radical (unpaired) electrons. The van der Waals surface area contributed by atoms with Gasteiger partial charge in [-0.3, -0.25) is 0 Å². The number of ether oxygens (including phenoxy) is 1. The second-order valence-electron chi connectivity index (χ2n) is 2.20. The van der Waals surface area contributed by atoms with Crippen LogP contribution in [0.4, 0.5) is 0 Å². The van der Waals surface area contributed by atoms with Crippen LogP contribution in [0.15, 0.2) is 24.8 Å². The topological polar surface area (TPSA) is 26.3 Å². The summed E-state index contributed by atoms with van der Waals surface area (Å²) in [7, 11) is 0. The van der Waals surface area contributed by atoms with Crippen LogP contribution in [-0.4, -0.2) is 12.6 Å². The number of hydrogen-bond donors (Lipinski definition) is 0. The first kappa shape index (κ1) is 10.5. The van der Waals surface area contributed by atoms with E-state index in [0.717, 1.165) is 0 Å². The highest BCUT2D eigenvalue weighted by Gasteiger charge is 2.05. The molecule has 0 aromatic heterocycles. The SMILES string of the molecule is C#CCC(=C)C(=O)OCCC=C. The molecule has 2 heteroatoms. The lowest BCUT2D eigenvalue weighted by molar-refractivity contribution is -0.138. The molecule has 0 saturated heterocycles. The monoisotopic (exact) mass is 164 g/mol. The lowest BCUT2D eigenvalue weighted by atomic mass is 10.2. The molecule has 0 aromatic carbocycles. The second kappa shape index (κ2) is 6.23. The Hall–Kier alpha value is -1.49.